The van der Waals surface area contributed by atoms with E-state index < -0.39 is 35.5 Å². The minimum atomic E-state index is -0.652. The number of fused-ring (bicyclic) bond motifs is 4. The van der Waals surface area contributed by atoms with Crippen LogP contribution >= 0.6 is 0 Å². The molecule has 4 amide bonds. The lowest BCUT2D eigenvalue weighted by molar-refractivity contribution is -0.154. The van der Waals surface area contributed by atoms with Crippen molar-refractivity contribution >= 4 is 23.6 Å². The highest BCUT2D eigenvalue weighted by Gasteiger charge is 2.72. The van der Waals surface area contributed by atoms with Gasteiger partial charge in [-0.1, -0.05) is 0 Å². The summed E-state index contributed by atoms with van der Waals surface area (Å²) < 4.78 is 0. The Labute approximate surface area is 96.7 Å². The van der Waals surface area contributed by atoms with Gasteiger partial charge in [-0.2, -0.15) is 0 Å². The van der Waals surface area contributed by atoms with Crippen LogP contribution in [0.3, 0.4) is 0 Å². The van der Waals surface area contributed by atoms with Crippen molar-refractivity contribution in [3.8, 4) is 0 Å². The van der Waals surface area contributed by atoms with Gasteiger partial charge in [-0.25, -0.2) is 10.0 Å². The summed E-state index contributed by atoms with van der Waals surface area (Å²) in [5, 5.41) is 4.59. The largest absolute Gasteiger partial charge is 0.296 e. The smallest absolute Gasteiger partial charge is 0.248 e. The van der Waals surface area contributed by atoms with Crippen LogP contribution in [0.15, 0.2) is 0 Å². The Morgan fingerprint density at radius 2 is 1.29 bits per heavy atom. The van der Waals surface area contributed by atoms with E-state index in [0.29, 0.717) is 0 Å². The van der Waals surface area contributed by atoms with E-state index in [1.165, 1.54) is 5.01 Å². The fourth-order valence-electron chi connectivity index (χ4n) is 3.09. The van der Waals surface area contributed by atoms with Crippen LogP contribution in [0.1, 0.15) is 0 Å². The molecule has 1 N–H and O–H groups in total. The van der Waals surface area contributed by atoms with Gasteiger partial charge in [-0.15, -0.1) is 0 Å². The summed E-state index contributed by atoms with van der Waals surface area (Å²) in [5.41, 5.74) is 0. The molecule has 0 aromatic carbocycles. The Hall–Kier alpha value is -1.76. The van der Waals surface area contributed by atoms with E-state index >= 15 is 0 Å². The van der Waals surface area contributed by atoms with Gasteiger partial charge in [0.15, 0.2) is 0 Å². The minimum Gasteiger partial charge on any atom is -0.296 e. The van der Waals surface area contributed by atoms with Crippen LogP contribution in [0.25, 0.3) is 0 Å². The molecule has 17 heavy (non-hydrogen) atoms. The van der Waals surface area contributed by atoms with Gasteiger partial charge in [-0.05, 0) is 0 Å². The topological polar surface area (TPSA) is 86.8 Å². The lowest BCUT2D eigenvalue weighted by Crippen LogP contribution is -2.50. The van der Waals surface area contributed by atoms with Gasteiger partial charge in [0.25, 0.3) is 0 Å². The maximum absolute atomic E-state index is 12.0. The number of carbonyl (C=O) groups excluding carboxylic acids is 4. The van der Waals surface area contributed by atoms with Crippen LogP contribution in [-0.2, 0) is 19.2 Å². The Bertz CT molecular complexity index is 434. The van der Waals surface area contributed by atoms with Gasteiger partial charge in [-0.3, -0.25) is 24.5 Å². The number of hydrazine groups is 1. The molecule has 1 saturated carbocycles. The van der Waals surface area contributed by atoms with E-state index in [-0.39, 0.29) is 11.8 Å². The van der Waals surface area contributed by atoms with Crippen LogP contribution in [0, 0.1) is 23.7 Å². The Morgan fingerprint density at radius 1 is 0.882 bits per heavy atom. The third-order valence-corrected chi connectivity index (χ3v) is 3.79. The molecule has 0 bridgehead atoms. The summed E-state index contributed by atoms with van der Waals surface area (Å²) in [6.45, 7) is 0. The average Bonchev–Trinajstić information content (AvgIpc) is 2.45. The SMILES string of the molecule is CN(C)N1C(=O)C2C3C(=O)NC(=O)C3C2C1=O. The summed E-state index contributed by atoms with van der Waals surface area (Å²) >= 11 is 0. The first-order valence-electron chi connectivity index (χ1n) is 5.35. The van der Waals surface area contributed by atoms with Crippen molar-refractivity contribution in [2.24, 2.45) is 23.7 Å². The fraction of sp³-hybridized carbons (Fsp3) is 0.600. The second-order valence-corrected chi connectivity index (χ2v) is 4.79. The second kappa shape index (κ2) is 2.92. The molecule has 4 atom stereocenters. The maximum Gasteiger partial charge on any atom is 0.248 e. The molecule has 0 aromatic rings. The molecule has 1 aliphatic carbocycles. The molecule has 2 saturated heterocycles. The average molecular weight is 237 g/mol. The Kier molecular flexibility index (Phi) is 1.79. The molecule has 4 unspecified atom stereocenters. The van der Waals surface area contributed by atoms with Crippen molar-refractivity contribution in [1.82, 2.24) is 15.3 Å². The van der Waals surface area contributed by atoms with Crippen LogP contribution in [0.4, 0.5) is 0 Å². The molecule has 3 rings (SSSR count). The van der Waals surface area contributed by atoms with E-state index in [1.807, 2.05) is 0 Å². The van der Waals surface area contributed by atoms with E-state index in [4.69, 9.17) is 0 Å². The van der Waals surface area contributed by atoms with Gasteiger partial charge in [0, 0.05) is 14.1 Å². The molecular weight excluding hydrogens is 226 g/mol. The first kappa shape index (κ1) is 10.4. The van der Waals surface area contributed by atoms with Crippen LogP contribution in [0.2, 0.25) is 0 Å². The van der Waals surface area contributed by atoms with Crippen molar-refractivity contribution in [3.05, 3.63) is 0 Å². The van der Waals surface area contributed by atoms with Crippen LogP contribution in [0.5, 0.6) is 0 Å². The normalized spacial score (nSPS) is 39.4. The molecule has 7 nitrogen and oxygen atoms in total. The number of rotatable bonds is 1. The quantitative estimate of drug-likeness (QED) is 0.531. The second-order valence-electron chi connectivity index (χ2n) is 4.79. The number of nitrogens with one attached hydrogen (secondary N) is 1. The zero-order valence-electron chi connectivity index (χ0n) is 9.34. The fourth-order valence-corrected chi connectivity index (χ4v) is 3.09. The van der Waals surface area contributed by atoms with Gasteiger partial charge in [0.1, 0.15) is 0 Å². The Morgan fingerprint density at radius 3 is 1.65 bits per heavy atom. The number of amides is 4. The van der Waals surface area contributed by atoms with Crippen molar-refractivity contribution in [3.63, 3.8) is 0 Å². The number of hydrogen-bond acceptors (Lipinski definition) is 5. The summed E-state index contributed by atoms with van der Waals surface area (Å²) in [7, 11) is 3.16. The highest BCUT2D eigenvalue weighted by atomic mass is 16.2. The molecule has 3 aliphatic rings. The molecule has 0 aromatic heterocycles. The number of carbonyl (C=O) groups is 4. The van der Waals surface area contributed by atoms with E-state index in [1.54, 1.807) is 14.1 Å². The predicted octanol–water partition coefficient (Wildman–Crippen LogP) is -2.03. The minimum absolute atomic E-state index is 0.379. The third kappa shape index (κ3) is 0.998. The van der Waals surface area contributed by atoms with Crippen molar-refractivity contribution in [2.45, 2.75) is 0 Å². The van der Waals surface area contributed by atoms with Crippen LogP contribution < -0.4 is 5.32 Å². The molecule has 0 spiro atoms. The molecule has 2 heterocycles. The summed E-state index contributed by atoms with van der Waals surface area (Å²) in [5.74, 6) is -4.20. The number of imide groups is 2. The van der Waals surface area contributed by atoms with E-state index in [0.717, 1.165) is 5.01 Å². The zero-order valence-corrected chi connectivity index (χ0v) is 9.34. The molecule has 0 radical (unpaired) electrons. The highest BCUT2D eigenvalue weighted by molar-refractivity contribution is 6.17. The molecule has 3 fully saturated rings. The van der Waals surface area contributed by atoms with Gasteiger partial charge >= 0.3 is 0 Å². The molecular formula is C10H11N3O4. The van der Waals surface area contributed by atoms with E-state index in [9.17, 15) is 19.2 Å². The van der Waals surface area contributed by atoms with Gasteiger partial charge in [0.05, 0.1) is 23.7 Å². The molecule has 90 valence electrons. The monoisotopic (exact) mass is 237 g/mol. The van der Waals surface area contributed by atoms with Crippen molar-refractivity contribution in [1.29, 1.82) is 0 Å². The summed E-state index contributed by atoms with van der Waals surface area (Å²) in [6, 6.07) is 0. The van der Waals surface area contributed by atoms with E-state index in [2.05, 4.69) is 5.32 Å². The summed E-state index contributed by atoms with van der Waals surface area (Å²) in [4.78, 5) is 47.0. The molecule has 2 aliphatic heterocycles. The standard InChI is InChI=1S/C10H11N3O4/c1-12(2)13-9(16)5-3-4(6(5)10(13)17)8(15)11-7(3)14/h3-6H,1-2H3,(H,11,14,15). The third-order valence-electron chi connectivity index (χ3n) is 3.79. The number of hydrogen-bond donors (Lipinski definition) is 1. The lowest BCUT2D eigenvalue weighted by atomic mass is 9.59. The predicted molar refractivity (Wildman–Crippen MR) is 52.6 cm³/mol. The lowest BCUT2D eigenvalue weighted by Gasteiger charge is -2.36. The van der Waals surface area contributed by atoms with Crippen molar-refractivity contribution in [2.75, 3.05) is 14.1 Å². The first-order chi connectivity index (χ1) is 7.95. The zero-order chi connectivity index (χ0) is 12.5. The maximum atomic E-state index is 12.0. The van der Waals surface area contributed by atoms with Gasteiger partial charge in [0.2, 0.25) is 23.6 Å². The number of nitrogens with zero attached hydrogens (tertiary/aromatic N) is 2. The summed E-state index contributed by atoms with van der Waals surface area (Å²) in [6.07, 6.45) is 0. The molecule has 7 heteroatoms. The Balaban J connectivity index is 1.99. The van der Waals surface area contributed by atoms with Crippen molar-refractivity contribution < 1.29 is 19.2 Å². The highest BCUT2D eigenvalue weighted by Crippen LogP contribution is 2.54. The van der Waals surface area contributed by atoms with Crippen LogP contribution in [-0.4, -0.2) is 47.7 Å². The van der Waals surface area contributed by atoms with Gasteiger partial charge < -0.3 is 0 Å². The first-order valence-corrected chi connectivity index (χ1v) is 5.35.